The second-order valence-electron chi connectivity index (χ2n) is 8.79. The zero-order chi connectivity index (χ0) is 18.4. The van der Waals surface area contributed by atoms with Crippen molar-refractivity contribution >= 4 is 39.7 Å². The van der Waals surface area contributed by atoms with Gasteiger partial charge in [0, 0.05) is 0 Å². The van der Waals surface area contributed by atoms with E-state index in [-0.39, 0.29) is 11.3 Å². The third kappa shape index (κ3) is 3.18. The van der Waals surface area contributed by atoms with Crippen LogP contribution in [0.25, 0.3) is 10.8 Å². The molecular weight excluding hydrogens is 354 g/mol. The number of hydrogen-bond acceptors (Lipinski definition) is 3. The molecule has 4 nitrogen and oxygen atoms in total. The molecule has 1 amide bonds. The molecule has 4 aliphatic carbocycles. The van der Waals surface area contributed by atoms with Crippen LogP contribution in [-0.2, 0) is 4.79 Å². The van der Waals surface area contributed by atoms with Crippen molar-refractivity contribution < 1.29 is 4.79 Å². The van der Waals surface area contributed by atoms with Gasteiger partial charge < -0.3 is 5.32 Å². The highest BCUT2D eigenvalue weighted by Gasteiger charge is 2.54. The van der Waals surface area contributed by atoms with E-state index in [4.69, 9.17) is 12.2 Å². The van der Waals surface area contributed by atoms with Gasteiger partial charge in [0.15, 0.2) is 5.11 Å². The second-order valence-corrected chi connectivity index (χ2v) is 9.20. The summed E-state index contributed by atoms with van der Waals surface area (Å²) in [4.78, 5) is 13.0. The molecule has 4 bridgehead atoms. The first-order chi connectivity index (χ1) is 13.1. The summed E-state index contributed by atoms with van der Waals surface area (Å²) in [6.45, 7) is 0. The van der Waals surface area contributed by atoms with Crippen molar-refractivity contribution in [1.82, 2.24) is 10.7 Å². The number of carbonyl (C=O) groups excluding carboxylic acids is 1. The van der Waals surface area contributed by atoms with Crippen LogP contribution in [0.1, 0.15) is 38.5 Å². The van der Waals surface area contributed by atoms with Crippen molar-refractivity contribution in [2.45, 2.75) is 38.5 Å². The number of fused-ring (bicyclic) bond motifs is 1. The van der Waals surface area contributed by atoms with Crippen LogP contribution in [0.4, 0.5) is 5.69 Å². The smallest absolute Gasteiger partial charge is 0.232 e. The lowest BCUT2D eigenvalue weighted by Crippen LogP contribution is -2.56. The number of amides is 1. The van der Waals surface area contributed by atoms with Gasteiger partial charge in [0.25, 0.3) is 0 Å². The number of nitrogens with one attached hydrogen (secondary N) is 3. The van der Waals surface area contributed by atoms with Crippen LogP contribution in [0.3, 0.4) is 0 Å². The third-order valence-electron chi connectivity index (χ3n) is 6.82. The van der Waals surface area contributed by atoms with Crippen LogP contribution in [-0.4, -0.2) is 11.0 Å². The van der Waals surface area contributed by atoms with Crippen molar-refractivity contribution in [2.75, 3.05) is 5.43 Å². The van der Waals surface area contributed by atoms with Gasteiger partial charge in [-0.25, -0.2) is 0 Å². The van der Waals surface area contributed by atoms with Crippen LogP contribution >= 0.6 is 12.2 Å². The Morgan fingerprint density at radius 1 is 0.926 bits per heavy atom. The monoisotopic (exact) mass is 379 g/mol. The second kappa shape index (κ2) is 6.48. The van der Waals surface area contributed by atoms with Gasteiger partial charge in [0.05, 0.1) is 11.1 Å². The largest absolute Gasteiger partial charge is 0.301 e. The summed E-state index contributed by atoms with van der Waals surface area (Å²) in [5, 5.41) is 5.67. The quantitative estimate of drug-likeness (QED) is 0.547. The lowest BCUT2D eigenvalue weighted by molar-refractivity contribution is -0.144. The molecular formula is C22H25N3OS. The molecule has 0 aromatic heterocycles. The molecule has 6 rings (SSSR count). The Balaban J connectivity index is 1.21. The van der Waals surface area contributed by atoms with Crippen LogP contribution in [0.5, 0.6) is 0 Å². The Morgan fingerprint density at radius 3 is 2.22 bits per heavy atom. The van der Waals surface area contributed by atoms with Crippen molar-refractivity contribution in [2.24, 2.45) is 23.2 Å². The Labute approximate surface area is 165 Å². The highest BCUT2D eigenvalue weighted by Crippen LogP contribution is 2.60. The molecule has 0 aliphatic heterocycles. The van der Waals surface area contributed by atoms with E-state index in [9.17, 15) is 4.79 Å². The fourth-order valence-corrected chi connectivity index (χ4v) is 6.20. The highest BCUT2D eigenvalue weighted by atomic mass is 32.1. The normalized spacial score (nSPS) is 30.9. The predicted octanol–water partition coefficient (Wildman–Crippen LogP) is 4.37. The Kier molecular flexibility index (Phi) is 4.08. The predicted molar refractivity (Wildman–Crippen MR) is 112 cm³/mol. The maximum Gasteiger partial charge on any atom is 0.232 e. The maximum atomic E-state index is 13.0. The van der Waals surface area contributed by atoms with Gasteiger partial charge in [0.2, 0.25) is 5.91 Å². The van der Waals surface area contributed by atoms with Crippen LogP contribution in [0.2, 0.25) is 0 Å². The van der Waals surface area contributed by atoms with Crippen LogP contribution in [0, 0.1) is 23.2 Å². The minimum Gasteiger partial charge on any atom is -0.301 e. The summed E-state index contributed by atoms with van der Waals surface area (Å²) in [5.74, 6) is 2.37. The fraction of sp³-hybridized carbons (Fsp3) is 0.455. The summed E-state index contributed by atoms with van der Waals surface area (Å²) in [6, 6.07) is 14.3. The zero-order valence-corrected chi connectivity index (χ0v) is 16.1. The number of hydrazine groups is 1. The average Bonchev–Trinajstić information content (AvgIpc) is 2.65. The molecule has 2 aromatic carbocycles. The van der Waals surface area contributed by atoms with Crippen molar-refractivity contribution in [3.8, 4) is 0 Å². The minimum atomic E-state index is -0.177. The number of thiocarbonyl (C=S) groups is 1. The van der Waals surface area contributed by atoms with E-state index in [0.717, 1.165) is 48.1 Å². The van der Waals surface area contributed by atoms with E-state index in [1.807, 2.05) is 18.2 Å². The Morgan fingerprint density at radius 2 is 1.56 bits per heavy atom. The van der Waals surface area contributed by atoms with Gasteiger partial charge in [-0.15, -0.1) is 0 Å². The molecule has 4 saturated carbocycles. The first-order valence-electron chi connectivity index (χ1n) is 9.96. The summed E-state index contributed by atoms with van der Waals surface area (Å²) >= 11 is 5.37. The van der Waals surface area contributed by atoms with Crippen molar-refractivity contribution in [1.29, 1.82) is 0 Å². The number of hydrogen-bond donors (Lipinski definition) is 3. The van der Waals surface area contributed by atoms with E-state index in [2.05, 4.69) is 40.4 Å². The van der Waals surface area contributed by atoms with E-state index in [0.29, 0.717) is 5.11 Å². The Hall–Kier alpha value is -2.14. The molecule has 4 fully saturated rings. The molecule has 4 aliphatic rings. The fourth-order valence-electron chi connectivity index (χ4n) is 6.05. The number of benzene rings is 2. The molecule has 3 N–H and O–H groups in total. The van der Waals surface area contributed by atoms with Crippen molar-refractivity contribution in [3.05, 3.63) is 42.5 Å². The maximum absolute atomic E-state index is 13.0. The number of rotatable bonds is 3. The van der Waals surface area contributed by atoms with Gasteiger partial charge in [-0.3, -0.25) is 15.6 Å². The molecule has 0 saturated heterocycles. The van der Waals surface area contributed by atoms with E-state index in [1.165, 1.54) is 24.6 Å². The van der Waals surface area contributed by atoms with Gasteiger partial charge >= 0.3 is 0 Å². The summed E-state index contributed by atoms with van der Waals surface area (Å²) in [6.07, 6.45) is 7.14. The molecule has 140 valence electrons. The standard InChI is InChI=1S/C22H25N3OS/c26-20(22-11-14-7-15(12-22)9-16(8-14)13-22)23-21(27)25-24-19-6-5-17-3-1-2-4-18(17)10-19/h1-6,10,14-16,24H,7-9,11-13H2,(H2,23,25,26,27). The van der Waals surface area contributed by atoms with Crippen LogP contribution < -0.4 is 16.2 Å². The van der Waals surface area contributed by atoms with E-state index >= 15 is 0 Å². The third-order valence-corrected chi connectivity index (χ3v) is 7.02. The molecule has 27 heavy (non-hydrogen) atoms. The summed E-state index contributed by atoms with van der Waals surface area (Å²) in [7, 11) is 0. The lowest BCUT2D eigenvalue weighted by Gasteiger charge is -2.55. The van der Waals surface area contributed by atoms with Crippen molar-refractivity contribution in [3.63, 3.8) is 0 Å². The molecule has 0 unspecified atom stereocenters. The summed E-state index contributed by atoms with van der Waals surface area (Å²) in [5.41, 5.74) is 6.83. The van der Waals surface area contributed by atoms with E-state index in [1.54, 1.807) is 0 Å². The topological polar surface area (TPSA) is 53.2 Å². The summed E-state index contributed by atoms with van der Waals surface area (Å²) < 4.78 is 0. The Bertz CT molecular complexity index is 874. The van der Waals surface area contributed by atoms with Gasteiger partial charge in [-0.1, -0.05) is 30.3 Å². The molecule has 0 heterocycles. The lowest BCUT2D eigenvalue weighted by atomic mass is 9.49. The molecule has 2 aromatic rings. The minimum absolute atomic E-state index is 0.124. The molecule has 0 spiro atoms. The number of carbonyl (C=O) groups is 1. The van der Waals surface area contributed by atoms with Crippen LogP contribution in [0.15, 0.2) is 42.5 Å². The number of anilines is 1. The highest BCUT2D eigenvalue weighted by molar-refractivity contribution is 7.80. The zero-order valence-electron chi connectivity index (χ0n) is 15.3. The van der Waals surface area contributed by atoms with E-state index < -0.39 is 0 Å². The molecule has 5 heteroatoms. The first-order valence-corrected chi connectivity index (χ1v) is 10.4. The van der Waals surface area contributed by atoms with Gasteiger partial charge in [0.1, 0.15) is 0 Å². The molecule has 0 radical (unpaired) electrons. The SMILES string of the molecule is O=C(NC(=S)NNc1ccc2ccccc2c1)C12CC3CC(CC(C3)C1)C2. The van der Waals surface area contributed by atoms with Gasteiger partial charge in [-0.2, -0.15) is 0 Å². The molecule has 0 atom stereocenters. The first kappa shape index (κ1) is 17.0. The average molecular weight is 380 g/mol. The van der Waals surface area contributed by atoms with Gasteiger partial charge in [-0.05, 0) is 91.4 Å².